The van der Waals surface area contributed by atoms with E-state index >= 15 is 0 Å². The molecule has 1 aliphatic heterocycles. The van der Waals surface area contributed by atoms with Gasteiger partial charge in [-0.2, -0.15) is 5.10 Å². The molecule has 5 nitrogen and oxygen atoms in total. The number of hydrogen-bond donors (Lipinski definition) is 1. The standard InChI is InChI=1S/C18H17N3O2/c1-13-7-5-6-10-15(13)19-18(23)16-11-12-17(22)21(20-16)14-8-3-2-4-9-14/h2-10H,11-12H2,1H3,(H,19,23). The van der Waals surface area contributed by atoms with Gasteiger partial charge in [0, 0.05) is 18.5 Å². The Hall–Kier alpha value is -2.95. The van der Waals surface area contributed by atoms with Crippen LogP contribution in [0.1, 0.15) is 18.4 Å². The zero-order valence-corrected chi connectivity index (χ0v) is 12.8. The lowest BCUT2D eigenvalue weighted by molar-refractivity contribution is -0.118. The van der Waals surface area contributed by atoms with Crippen molar-refractivity contribution >= 4 is 28.9 Å². The SMILES string of the molecule is Cc1ccccc1NC(=O)C1=NN(c2ccccc2)C(=O)CC1. The molecule has 1 N–H and O–H groups in total. The highest BCUT2D eigenvalue weighted by molar-refractivity contribution is 6.44. The Morgan fingerprint density at radius 2 is 1.74 bits per heavy atom. The van der Waals surface area contributed by atoms with Gasteiger partial charge in [0.15, 0.2) is 0 Å². The van der Waals surface area contributed by atoms with Crippen LogP contribution in [0.15, 0.2) is 59.7 Å². The van der Waals surface area contributed by atoms with Gasteiger partial charge in [-0.3, -0.25) is 9.59 Å². The van der Waals surface area contributed by atoms with Gasteiger partial charge in [-0.25, -0.2) is 5.01 Å². The van der Waals surface area contributed by atoms with Crippen LogP contribution in [0.3, 0.4) is 0 Å². The Labute approximate surface area is 134 Å². The van der Waals surface area contributed by atoms with Crippen molar-refractivity contribution in [2.45, 2.75) is 19.8 Å². The normalized spacial score (nSPS) is 14.4. The van der Waals surface area contributed by atoms with Gasteiger partial charge >= 0.3 is 0 Å². The van der Waals surface area contributed by atoms with Crippen LogP contribution in [0.2, 0.25) is 0 Å². The first-order valence-corrected chi connectivity index (χ1v) is 7.47. The van der Waals surface area contributed by atoms with Crippen LogP contribution in [0, 0.1) is 6.92 Å². The molecule has 0 unspecified atom stereocenters. The molecule has 0 radical (unpaired) electrons. The molecule has 0 spiro atoms. The second-order valence-electron chi connectivity index (χ2n) is 5.36. The van der Waals surface area contributed by atoms with Crippen LogP contribution < -0.4 is 10.3 Å². The van der Waals surface area contributed by atoms with Crippen molar-refractivity contribution in [3.63, 3.8) is 0 Å². The number of aryl methyl sites for hydroxylation is 1. The van der Waals surface area contributed by atoms with Crippen LogP contribution in [0.25, 0.3) is 0 Å². The van der Waals surface area contributed by atoms with E-state index in [2.05, 4.69) is 10.4 Å². The number of amides is 2. The topological polar surface area (TPSA) is 61.8 Å². The predicted molar refractivity (Wildman–Crippen MR) is 90.4 cm³/mol. The molecule has 1 aliphatic rings. The second-order valence-corrected chi connectivity index (χ2v) is 5.36. The zero-order valence-electron chi connectivity index (χ0n) is 12.8. The van der Waals surface area contributed by atoms with Crippen molar-refractivity contribution < 1.29 is 9.59 Å². The van der Waals surface area contributed by atoms with Crippen molar-refractivity contribution in [3.8, 4) is 0 Å². The maximum atomic E-state index is 12.4. The molecule has 23 heavy (non-hydrogen) atoms. The van der Waals surface area contributed by atoms with Gasteiger partial charge in [-0.05, 0) is 30.7 Å². The quantitative estimate of drug-likeness (QED) is 0.947. The molecule has 2 aromatic rings. The molecule has 2 amide bonds. The number of carbonyl (C=O) groups is 2. The fourth-order valence-corrected chi connectivity index (χ4v) is 2.40. The van der Waals surface area contributed by atoms with Crippen molar-refractivity contribution in [2.24, 2.45) is 5.10 Å². The fraction of sp³-hybridized carbons (Fsp3) is 0.167. The number of nitrogens with one attached hydrogen (secondary N) is 1. The first-order valence-electron chi connectivity index (χ1n) is 7.47. The smallest absolute Gasteiger partial charge is 0.271 e. The maximum absolute atomic E-state index is 12.4. The first kappa shape index (κ1) is 15.0. The van der Waals surface area contributed by atoms with Gasteiger partial charge in [0.25, 0.3) is 5.91 Å². The minimum atomic E-state index is -0.271. The summed E-state index contributed by atoms with van der Waals surface area (Å²) in [5, 5.41) is 8.41. The Morgan fingerprint density at radius 1 is 1.04 bits per heavy atom. The van der Waals surface area contributed by atoms with Gasteiger partial charge in [0.1, 0.15) is 5.71 Å². The zero-order chi connectivity index (χ0) is 16.2. The molecule has 0 fully saturated rings. The van der Waals surface area contributed by atoms with Crippen molar-refractivity contribution in [3.05, 3.63) is 60.2 Å². The lowest BCUT2D eigenvalue weighted by Gasteiger charge is -2.23. The molecule has 116 valence electrons. The first-order chi connectivity index (χ1) is 11.1. The van der Waals surface area contributed by atoms with E-state index < -0.39 is 0 Å². The van der Waals surface area contributed by atoms with Gasteiger partial charge in [0.05, 0.1) is 5.69 Å². The number of anilines is 2. The molecule has 0 saturated carbocycles. The lowest BCUT2D eigenvalue weighted by Crippen LogP contribution is -2.36. The molecule has 3 rings (SSSR count). The summed E-state index contributed by atoms with van der Waals surface area (Å²) in [5.74, 6) is -0.378. The van der Waals surface area contributed by atoms with E-state index in [1.165, 1.54) is 5.01 Å². The van der Waals surface area contributed by atoms with Crippen molar-refractivity contribution in [1.82, 2.24) is 0 Å². The van der Waals surface area contributed by atoms with Crippen molar-refractivity contribution in [1.29, 1.82) is 0 Å². The summed E-state index contributed by atoms with van der Waals surface area (Å²) in [5.41, 5.74) is 2.76. The summed E-state index contributed by atoms with van der Waals surface area (Å²) < 4.78 is 0. The fourth-order valence-electron chi connectivity index (χ4n) is 2.40. The van der Waals surface area contributed by atoms with E-state index in [9.17, 15) is 9.59 Å². The van der Waals surface area contributed by atoms with E-state index in [0.717, 1.165) is 11.3 Å². The molecule has 0 bridgehead atoms. The molecule has 0 aliphatic carbocycles. The molecule has 2 aromatic carbocycles. The van der Waals surface area contributed by atoms with E-state index in [0.29, 0.717) is 17.8 Å². The molecule has 1 heterocycles. The molecule has 5 heteroatoms. The Bertz CT molecular complexity index is 769. The Balaban J connectivity index is 1.83. The number of hydrogen-bond acceptors (Lipinski definition) is 3. The highest BCUT2D eigenvalue weighted by atomic mass is 16.2. The number of rotatable bonds is 3. The molecule has 0 saturated heterocycles. The number of benzene rings is 2. The highest BCUT2D eigenvalue weighted by Gasteiger charge is 2.25. The van der Waals surface area contributed by atoms with Crippen LogP contribution in [-0.2, 0) is 9.59 Å². The third-order valence-corrected chi connectivity index (χ3v) is 3.69. The Morgan fingerprint density at radius 3 is 2.48 bits per heavy atom. The monoisotopic (exact) mass is 307 g/mol. The summed E-state index contributed by atoms with van der Waals surface area (Å²) in [6.07, 6.45) is 0.620. The summed E-state index contributed by atoms with van der Waals surface area (Å²) in [7, 11) is 0. The van der Waals surface area contributed by atoms with E-state index in [1.54, 1.807) is 12.1 Å². The highest BCUT2D eigenvalue weighted by Crippen LogP contribution is 2.20. The van der Waals surface area contributed by atoms with Gasteiger partial charge in [-0.15, -0.1) is 0 Å². The minimum absolute atomic E-state index is 0.108. The van der Waals surface area contributed by atoms with Gasteiger partial charge in [0.2, 0.25) is 5.91 Å². The van der Waals surface area contributed by atoms with Crippen molar-refractivity contribution in [2.75, 3.05) is 10.3 Å². The number of carbonyl (C=O) groups excluding carboxylic acids is 2. The van der Waals surface area contributed by atoms with Crippen LogP contribution in [0.4, 0.5) is 11.4 Å². The van der Waals surface area contributed by atoms with Gasteiger partial charge < -0.3 is 5.32 Å². The number of nitrogens with zero attached hydrogens (tertiary/aromatic N) is 2. The van der Waals surface area contributed by atoms with Crippen LogP contribution >= 0.6 is 0 Å². The maximum Gasteiger partial charge on any atom is 0.271 e. The van der Waals surface area contributed by atoms with Crippen LogP contribution in [0.5, 0.6) is 0 Å². The van der Waals surface area contributed by atoms with Crippen LogP contribution in [-0.4, -0.2) is 17.5 Å². The minimum Gasteiger partial charge on any atom is -0.321 e. The summed E-state index contributed by atoms with van der Waals surface area (Å²) in [6, 6.07) is 16.7. The predicted octanol–water partition coefficient (Wildman–Crippen LogP) is 3.12. The van der Waals surface area contributed by atoms with E-state index in [4.69, 9.17) is 0 Å². The average molecular weight is 307 g/mol. The van der Waals surface area contributed by atoms with Gasteiger partial charge in [-0.1, -0.05) is 36.4 Å². The summed E-state index contributed by atoms with van der Waals surface area (Å²) >= 11 is 0. The molecular weight excluding hydrogens is 290 g/mol. The second kappa shape index (κ2) is 6.44. The summed E-state index contributed by atoms with van der Waals surface area (Å²) in [4.78, 5) is 24.5. The largest absolute Gasteiger partial charge is 0.321 e. The third-order valence-electron chi connectivity index (χ3n) is 3.69. The molecule has 0 atom stereocenters. The number of para-hydroxylation sites is 2. The average Bonchev–Trinajstić information content (AvgIpc) is 2.58. The number of hydrazone groups is 1. The van der Waals surface area contributed by atoms with E-state index in [1.807, 2.05) is 49.4 Å². The molecular formula is C18H17N3O2. The lowest BCUT2D eigenvalue weighted by atomic mass is 10.1. The summed E-state index contributed by atoms with van der Waals surface area (Å²) in [6.45, 7) is 1.93. The molecule has 0 aromatic heterocycles. The third kappa shape index (κ3) is 3.29. The Kier molecular flexibility index (Phi) is 4.19. The van der Waals surface area contributed by atoms with E-state index in [-0.39, 0.29) is 18.2 Å².